The molecule has 0 aromatic carbocycles. The first-order valence-electron chi connectivity index (χ1n) is 9.56. The van der Waals surface area contributed by atoms with Gasteiger partial charge in [-0.25, -0.2) is 15.0 Å². The molecule has 4 rings (SSSR count). The van der Waals surface area contributed by atoms with E-state index in [1.54, 1.807) is 18.7 Å². The smallest absolute Gasteiger partial charge is 0.208 e. The van der Waals surface area contributed by atoms with E-state index in [1.807, 2.05) is 24.5 Å². The molecule has 3 aromatic heterocycles. The lowest BCUT2D eigenvalue weighted by atomic mass is 10.1. The number of aliphatic imine (C=N–C) groups is 1. The van der Waals surface area contributed by atoms with Crippen molar-refractivity contribution in [2.45, 2.75) is 26.4 Å². The number of rotatable bonds is 3. The van der Waals surface area contributed by atoms with Crippen molar-refractivity contribution in [2.24, 2.45) is 4.99 Å². The number of guanidine groups is 1. The number of piperazine rings is 1. The Morgan fingerprint density at radius 1 is 1.41 bits per heavy atom. The second-order valence-corrected chi connectivity index (χ2v) is 7.12. The minimum atomic E-state index is 0.154. The highest BCUT2D eigenvalue weighted by molar-refractivity contribution is 5.90. The Kier molecular flexibility index (Phi) is 5.24. The van der Waals surface area contributed by atoms with E-state index in [0.717, 1.165) is 47.6 Å². The Hall–Kier alpha value is -3.67. The standard InChI is InChI=1S/C20H23N9/c1-14-8-23-18-17(14)19(27-13-26-18)28-6-7-29(15(2)11-28)20(25-12-21)24-10-16-4-3-5-22-9-16/h3-5,8-9,13,15H,6-7,10-11H2,1-2H3,(H,24,25)(H,23,26,27). The molecule has 1 aliphatic heterocycles. The van der Waals surface area contributed by atoms with Gasteiger partial charge in [-0.05, 0) is 31.0 Å². The van der Waals surface area contributed by atoms with Crippen LogP contribution in [0.5, 0.6) is 0 Å². The summed E-state index contributed by atoms with van der Waals surface area (Å²) in [5, 5.41) is 13.0. The van der Waals surface area contributed by atoms with Crippen LogP contribution in [0.15, 0.2) is 42.0 Å². The summed E-state index contributed by atoms with van der Waals surface area (Å²) < 4.78 is 0. The lowest BCUT2D eigenvalue weighted by Gasteiger charge is -2.41. The molecular weight excluding hydrogens is 366 g/mol. The summed E-state index contributed by atoms with van der Waals surface area (Å²) in [6, 6.07) is 4.01. The van der Waals surface area contributed by atoms with Gasteiger partial charge < -0.3 is 14.8 Å². The molecule has 9 heteroatoms. The second-order valence-electron chi connectivity index (χ2n) is 7.12. The Morgan fingerprint density at radius 2 is 2.31 bits per heavy atom. The number of nitrogens with zero attached hydrogens (tertiary/aromatic N) is 7. The van der Waals surface area contributed by atoms with Gasteiger partial charge in [-0.1, -0.05) is 6.07 Å². The van der Waals surface area contributed by atoms with E-state index in [0.29, 0.717) is 12.5 Å². The fourth-order valence-corrected chi connectivity index (χ4v) is 3.71. The van der Waals surface area contributed by atoms with Crippen LogP contribution in [-0.4, -0.2) is 56.5 Å². The van der Waals surface area contributed by atoms with Crippen LogP contribution in [0.1, 0.15) is 18.1 Å². The van der Waals surface area contributed by atoms with Gasteiger partial charge in [0, 0.05) is 44.3 Å². The van der Waals surface area contributed by atoms with Crippen molar-refractivity contribution in [1.82, 2.24) is 30.2 Å². The Labute approximate surface area is 169 Å². The molecule has 148 valence electrons. The van der Waals surface area contributed by atoms with Crippen molar-refractivity contribution in [3.8, 4) is 6.19 Å². The third-order valence-corrected chi connectivity index (χ3v) is 5.15. The number of hydrogen-bond donors (Lipinski definition) is 2. The Bertz CT molecular complexity index is 1050. The Morgan fingerprint density at radius 3 is 3.07 bits per heavy atom. The number of hydrogen-bond acceptors (Lipinski definition) is 6. The minimum absolute atomic E-state index is 0.154. The molecule has 0 spiro atoms. The molecule has 29 heavy (non-hydrogen) atoms. The van der Waals surface area contributed by atoms with E-state index >= 15 is 0 Å². The van der Waals surface area contributed by atoms with Crippen molar-refractivity contribution in [1.29, 1.82) is 5.26 Å². The summed E-state index contributed by atoms with van der Waals surface area (Å²) in [5.74, 6) is 1.54. The van der Waals surface area contributed by atoms with Crippen molar-refractivity contribution < 1.29 is 0 Å². The van der Waals surface area contributed by atoms with Gasteiger partial charge in [0.05, 0.1) is 11.9 Å². The number of nitriles is 1. The zero-order chi connectivity index (χ0) is 20.2. The SMILES string of the molecule is Cc1c[nH]c2ncnc(N3CCN(C(=NCc4cccnc4)NC#N)C(C)C3)c12. The summed E-state index contributed by atoms with van der Waals surface area (Å²) in [7, 11) is 0. The molecule has 0 radical (unpaired) electrons. The molecule has 0 aliphatic carbocycles. The van der Waals surface area contributed by atoms with E-state index in [9.17, 15) is 5.26 Å². The van der Waals surface area contributed by atoms with Crippen LogP contribution in [0.4, 0.5) is 5.82 Å². The average Bonchev–Trinajstić information content (AvgIpc) is 3.13. The number of nitrogens with one attached hydrogen (secondary N) is 2. The first-order chi connectivity index (χ1) is 14.2. The van der Waals surface area contributed by atoms with Crippen LogP contribution in [0.25, 0.3) is 11.0 Å². The highest BCUT2D eigenvalue weighted by Crippen LogP contribution is 2.27. The van der Waals surface area contributed by atoms with Crippen LogP contribution in [-0.2, 0) is 6.54 Å². The normalized spacial score (nSPS) is 17.4. The van der Waals surface area contributed by atoms with Crippen molar-refractivity contribution in [3.63, 3.8) is 0 Å². The van der Waals surface area contributed by atoms with Crippen LogP contribution < -0.4 is 10.2 Å². The summed E-state index contributed by atoms with van der Waals surface area (Å²) >= 11 is 0. The molecule has 4 heterocycles. The predicted octanol–water partition coefficient (Wildman–Crippen LogP) is 1.80. The Balaban J connectivity index is 1.52. The molecule has 1 saturated heterocycles. The zero-order valence-corrected chi connectivity index (χ0v) is 16.5. The quantitative estimate of drug-likeness (QED) is 0.304. The van der Waals surface area contributed by atoms with E-state index in [2.05, 4.69) is 53.9 Å². The van der Waals surface area contributed by atoms with Crippen molar-refractivity contribution in [2.75, 3.05) is 24.5 Å². The third-order valence-electron chi connectivity index (χ3n) is 5.15. The summed E-state index contributed by atoms with van der Waals surface area (Å²) in [6.45, 7) is 6.95. The first-order valence-corrected chi connectivity index (χ1v) is 9.56. The number of aromatic nitrogens is 4. The van der Waals surface area contributed by atoms with Crippen molar-refractivity contribution >= 4 is 22.8 Å². The van der Waals surface area contributed by atoms with Gasteiger partial charge in [0.2, 0.25) is 5.96 Å². The van der Waals surface area contributed by atoms with Gasteiger partial charge in [0.15, 0.2) is 6.19 Å². The fourth-order valence-electron chi connectivity index (χ4n) is 3.71. The molecule has 1 fully saturated rings. The largest absolute Gasteiger partial charge is 0.352 e. The molecular formula is C20H23N9. The van der Waals surface area contributed by atoms with E-state index in [-0.39, 0.29) is 6.04 Å². The number of aromatic amines is 1. The van der Waals surface area contributed by atoms with Gasteiger partial charge in [-0.15, -0.1) is 0 Å². The summed E-state index contributed by atoms with van der Waals surface area (Å²) in [6.07, 6.45) is 9.10. The number of pyridine rings is 1. The van der Waals surface area contributed by atoms with Crippen LogP contribution in [0.3, 0.4) is 0 Å². The third kappa shape index (κ3) is 3.82. The molecule has 0 bridgehead atoms. The maximum atomic E-state index is 9.19. The van der Waals surface area contributed by atoms with Gasteiger partial charge in [0.1, 0.15) is 17.8 Å². The first kappa shape index (κ1) is 18.7. The topological polar surface area (TPSA) is 109 Å². The lowest BCUT2D eigenvalue weighted by molar-refractivity contribution is 0.290. The zero-order valence-electron chi connectivity index (χ0n) is 16.5. The predicted molar refractivity (Wildman–Crippen MR) is 111 cm³/mol. The van der Waals surface area contributed by atoms with Gasteiger partial charge >= 0.3 is 0 Å². The molecule has 0 saturated carbocycles. The van der Waals surface area contributed by atoms with E-state index in [4.69, 9.17) is 0 Å². The van der Waals surface area contributed by atoms with Crippen LogP contribution in [0.2, 0.25) is 0 Å². The summed E-state index contributed by atoms with van der Waals surface area (Å²) in [5.41, 5.74) is 2.99. The molecule has 1 aliphatic rings. The highest BCUT2D eigenvalue weighted by Gasteiger charge is 2.28. The number of H-pyrrole nitrogens is 1. The molecule has 0 amide bonds. The molecule has 1 atom stereocenters. The molecule has 2 N–H and O–H groups in total. The maximum Gasteiger partial charge on any atom is 0.208 e. The number of anilines is 1. The van der Waals surface area contributed by atoms with Crippen LogP contribution >= 0.6 is 0 Å². The molecule has 9 nitrogen and oxygen atoms in total. The second kappa shape index (κ2) is 8.14. The fraction of sp³-hybridized carbons (Fsp3) is 0.350. The van der Waals surface area contributed by atoms with Gasteiger partial charge in [0.25, 0.3) is 0 Å². The van der Waals surface area contributed by atoms with Crippen molar-refractivity contribution in [3.05, 3.63) is 48.2 Å². The number of fused-ring (bicyclic) bond motifs is 1. The van der Waals surface area contributed by atoms with E-state index in [1.165, 1.54) is 0 Å². The van der Waals surface area contributed by atoms with E-state index < -0.39 is 0 Å². The average molecular weight is 389 g/mol. The monoisotopic (exact) mass is 389 g/mol. The van der Waals surface area contributed by atoms with Gasteiger partial charge in [-0.3, -0.25) is 10.3 Å². The molecule has 3 aromatic rings. The van der Waals surface area contributed by atoms with Crippen LogP contribution in [0, 0.1) is 18.4 Å². The summed E-state index contributed by atoms with van der Waals surface area (Å²) in [4.78, 5) is 25.2. The highest BCUT2D eigenvalue weighted by atomic mass is 15.4. The number of aryl methyl sites for hydroxylation is 1. The minimum Gasteiger partial charge on any atom is -0.352 e. The molecule has 1 unspecified atom stereocenters. The lowest BCUT2D eigenvalue weighted by Crippen LogP contribution is -2.56. The van der Waals surface area contributed by atoms with Gasteiger partial charge in [-0.2, -0.15) is 5.26 Å². The maximum absolute atomic E-state index is 9.19.